The maximum absolute atomic E-state index is 12.9. The number of hydrogen-bond acceptors (Lipinski definition) is 3. The minimum absolute atomic E-state index is 0.0103. The number of urea groups is 1. The van der Waals surface area contributed by atoms with Crippen LogP contribution in [-0.2, 0) is 11.2 Å². The molecule has 0 bridgehead atoms. The molecule has 1 unspecified atom stereocenters. The summed E-state index contributed by atoms with van der Waals surface area (Å²) >= 11 is 0. The third kappa shape index (κ3) is 4.81. The van der Waals surface area contributed by atoms with E-state index in [0.717, 1.165) is 29.3 Å². The third-order valence-electron chi connectivity index (χ3n) is 5.88. The molecule has 2 aromatic carbocycles. The van der Waals surface area contributed by atoms with Crippen molar-refractivity contribution >= 4 is 34.2 Å². The fourth-order valence-electron chi connectivity index (χ4n) is 4.23. The predicted octanol–water partition coefficient (Wildman–Crippen LogP) is 4.73. The van der Waals surface area contributed by atoms with Crippen LogP contribution in [0.1, 0.15) is 30.9 Å². The number of benzene rings is 2. The van der Waals surface area contributed by atoms with Gasteiger partial charge in [0.25, 0.3) is 0 Å². The topological polar surface area (TPSA) is 105 Å². The minimum Gasteiger partial charge on any atom is -0.361 e. The van der Waals surface area contributed by atoms with Crippen LogP contribution in [0.5, 0.6) is 0 Å². The molecular formula is C25H24N6O2. The Balaban J connectivity index is 1.46. The monoisotopic (exact) mass is 440 g/mol. The van der Waals surface area contributed by atoms with Crippen molar-refractivity contribution in [2.75, 3.05) is 17.2 Å². The number of carbonyl (C=O) groups is 2. The lowest BCUT2D eigenvalue weighted by atomic mass is 9.99. The van der Waals surface area contributed by atoms with Crippen LogP contribution in [0.2, 0.25) is 0 Å². The number of likely N-dealkylation sites (tertiary alicyclic amines) is 1. The summed E-state index contributed by atoms with van der Waals surface area (Å²) in [4.78, 5) is 33.8. The number of rotatable bonds is 5. The van der Waals surface area contributed by atoms with Crippen LogP contribution < -0.4 is 10.6 Å². The highest BCUT2D eigenvalue weighted by molar-refractivity contribution is 6.01. The highest BCUT2D eigenvalue weighted by Crippen LogP contribution is 2.27. The van der Waals surface area contributed by atoms with Crippen molar-refractivity contribution in [2.24, 2.45) is 5.92 Å². The lowest BCUT2D eigenvalue weighted by Gasteiger charge is -2.20. The Labute approximate surface area is 192 Å². The summed E-state index contributed by atoms with van der Waals surface area (Å²) in [5, 5.41) is 15.5. The van der Waals surface area contributed by atoms with E-state index in [0.29, 0.717) is 29.9 Å². The Hall–Kier alpha value is -4.30. The molecule has 0 saturated carbocycles. The summed E-state index contributed by atoms with van der Waals surface area (Å²) < 4.78 is 0. The lowest BCUT2D eigenvalue weighted by Crippen LogP contribution is -2.38. The molecule has 166 valence electrons. The van der Waals surface area contributed by atoms with E-state index in [4.69, 9.17) is 11.8 Å². The number of nitriles is 1. The van der Waals surface area contributed by atoms with Gasteiger partial charge in [-0.05, 0) is 54.8 Å². The third-order valence-corrected chi connectivity index (χ3v) is 5.88. The predicted molar refractivity (Wildman–Crippen MR) is 126 cm³/mol. The molecule has 3 aromatic rings. The number of aromatic amines is 1. The van der Waals surface area contributed by atoms with Crippen molar-refractivity contribution in [3.63, 3.8) is 0 Å². The smallest absolute Gasteiger partial charge is 0.323 e. The van der Waals surface area contributed by atoms with Gasteiger partial charge >= 0.3 is 12.2 Å². The van der Waals surface area contributed by atoms with Crippen LogP contribution in [0, 0.1) is 23.8 Å². The Kier molecular flexibility index (Phi) is 6.28. The van der Waals surface area contributed by atoms with Crippen molar-refractivity contribution in [2.45, 2.75) is 32.4 Å². The zero-order chi connectivity index (χ0) is 23.4. The van der Waals surface area contributed by atoms with Crippen LogP contribution in [-0.4, -0.2) is 34.5 Å². The number of amides is 3. The molecule has 8 heteroatoms. The van der Waals surface area contributed by atoms with Gasteiger partial charge < -0.3 is 15.6 Å². The normalized spacial score (nSPS) is 16.1. The minimum atomic E-state index is -0.413. The molecular weight excluding hydrogens is 416 g/mol. The number of anilines is 2. The largest absolute Gasteiger partial charge is 0.361 e. The van der Waals surface area contributed by atoms with Crippen LogP contribution in [0.25, 0.3) is 15.7 Å². The average Bonchev–Trinajstić information content (AvgIpc) is 3.45. The Morgan fingerprint density at radius 3 is 2.82 bits per heavy atom. The second kappa shape index (κ2) is 9.46. The van der Waals surface area contributed by atoms with Crippen molar-refractivity contribution in [1.82, 2.24) is 9.88 Å². The Bertz CT molecular complexity index is 1280. The number of carbonyl (C=O) groups excluding carboxylic acids is 2. The zero-order valence-corrected chi connectivity index (χ0v) is 18.3. The highest BCUT2D eigenvalue weighted by Gasteiger charge is 2.35. The summed E-state index contributed by atoms with van der Waals surface area (Å²) in [5.74, 6) is -0.241. The van der Waals surface area contributed by atoms with Crippen molar-refractivity contribution in [3.8, 4) is 6.07 Å². The van der Waals surface area contributed by atoms with E-state index < -0.39 is 6.03 Å². The Morgan fingerprint density at radius 2 is 2.06 bits per heavy atom. The first-order valence-electron chi connectivity index (χ1n) is 10.8. The molecule has 2 atom stereocenters. The van der Waals surface area contributed by atoms with Crippen molar-refractivity contribution < 1.29 is 9.59 Å². The fourth-order valence-corrected chi connectivity index (χ4v) is 4.23. The molecule has 0 radical (unpaired) electrons. The molecule has 1 fully saturated rings. The second-order valence-corrected chi connectivity index (χ2v) is 8.23. The Morgan fingerprint density at radius 1 is 1.27 bits per heavy atom. The van der Waals surface area contributed by atoms with E-state index in [-0.39, 0.29) is 18.0 Å². The van der Waals surface area contributed by atoms with E-state index in [1.807, 2.05) is 31.3 Å². The summed E-state index contributed by atoms with van der Waals surface area (Å²) in [5.41, 5.74) is 3.50. The molecule has 4 rings (SSSR count). The van der Waals surface area contributed by atoms with Gasteiger partial charge in [0.1, 0.15) is 0 Å². The highest BCUT2D eigenvalue weighted by atomic mass is 16.2. The number of nitrogens with one attached hydrogen (secondary N) is 3. The van der Waals surface area contributed by atoms with Gasteiger partial charge in [-0.3, -0.25) is 14.5 Å². The van der Waals surface area contributed by atoms with Crippen LogP contribution in [0.4, 0.5) is 16.2 Å². The first-order chi connectivity index (χ1) is 16.0. The molecule has 1 saturated heterocycles. The summed E-state index contributed by atoms with van der Waals surface area (Å²) in [6.45, 7) is 9.85. The SMILES string of the molecule is [C-]#[N+][C@@H]1CCCN1C(=O)C(C)Cc1c[nH]c2ccc(NC(=O)Nc3cccc(C#N)c3)cc12. The number of hydrogen-bond donors (Lipinski definition) is 3. The maximum atomic E-state index is 12.9. The number of aromatic nitrogens is 1. The number of H-pyrrole nitrogens is 1. The molecule has 3 N–H and O–H groups in total. The lowest BCUT2D eigenvalue weighted by molar-refractivity contribution is -0.135. The van der Waals surface area contributed by atoms with Gasteiger partial charge in [-0.15, -0.1) is 0 Å². The maximum Gasteiger partial charge on any atom is 0.323 e. The summed E-state index contributed by atoms with van der Waals surface area (Å²) in [6, 6.07) is 13.9. The standard InChI is InChI=1S/C25H24N6O2/c1-16(24(32)31-10-4-7-23(31)27-2)11-18-15-28-22-9-8-20(13-21(18)22)30-25(33)29-19-6-3-5-17(12-19)14-26/h3,5-6,8-9,12-13,15-16,23,28H,4,7,10-11H2,1H3,(H2,29,30,33)/t16?,23-/m0/s1. The molecule has 0 aliphatic carbocycles. The van der Waals surface area contributed by atoms with E-state index in [9.17, 15) is 9.59 Å². The van der Waals surface area contributed by atoms with Crippen molar-refractivity contribution in [1.29, 1.82) is 5.26 Å². The molecule has 1 aliphatic heterocycles. The van der Waals surface area contributed by atoms with Gasteiger partial charge in [-0.2, -0.15) is 5.26 Å². The molecule has 0 spiro atoms. The van der Waals surface area contributed by atoms with Gasteiger partial charge in [0, 0.05) is 47.4 Å². The van der Waals surface area contributed by atoms with E-state index in [2.05, 4.69) is 20.5 Å². The number of fused-ring (bicyclic) bond motifs is 1. The van der Waals surface area contributed by atoms with Gasteiger partial charge in [0.15, 0.2) is 0 Å². The number of nitrogens with zero attached hydrogens (tertiary/aromatic N) is 3. The molecule has 8 nitrogen and oxygen atoms in total. The van der Waals surface area contributed by atoms with Gasteiger partial charge in [0.05, 0.1) is 11.6 Å². The van der Waals surface area contributed by atoms with Gasteiger partial charge in [0.2, 0.25) is 5.91 Å². The average molecular weight is 441 g/mol. The second-order valence-electron chi connectivity index (χ2n) is 8.23. The molecule has 3 amide bonds. The van der Waals surface area contributed by atoms with Crippen LogP contribution in [0.3, 0.4) is 0 Å². The first kappa shape index (κ1) is 21.9. The molecule has 33 heavy (non-hydrogen) atoms. The molecule has 1 aromatic heterocycles. The summed E-state index contributed by atoms with van der Waals surface area (Å²) in [7, 11) is 0. The van der Waals surface area contributed by atoms with E-state index >= 15 is 0 Å². The quantitative estimate of drug-likeness (QED) is 0.500. The fraction of sp³-hybridized carbons (Fsp3) is 0.280. The summed E-state index contributed by atoms with van der Waals surface area (Å²) in [6.07, 6.45) is 3.70. The van der Waals surface area contributed by atoms with Crippen LogP contribution >= 0.6 is 0 Å². The molecule has 2 heterocycles. The molecule has 1 aliphatic rings. The first-order valence-corrected chi connectivity index (χ1v) is 10.8. The zero-order valence-electron chi connectivity index (χ0n) is 18.3. The van der Waals surface area contributed by atoms with Crippen LogP contribution in [0.15, 0.2) is 48.7 Å². The van der Waals surface area contributed by atoms with Gasteiger partial charge in [-0.25, -0.2) is 11.4 Å². The van der Waals surface area contributed by atoms with E-state index in [1.54, 1.807) is 35.2 Å². The van der Waals surface area contributed by atoms with Gasteiger partial charge in [-0.1, -0.05) is 13.0 Å². The van der Waals surface area contributed by atoms with Crippen molar-refractivity contribution in [3.05, 3.63) is 71.2 Å². The van der Waals surface area contributed by atoms with E-state index in [1.165, 1.54) is 0 Å².